The van der Waals surface area contributed by atoms with Crippen molar-refractivity contribution in [2.75, 3.05) is 26.2 Å². The van der Waals surface area contributed by atoms with Crippen molar-refractivity contribution in [2.24, 2.45) is 0 Å². The number of nitrogens with zero attached hydrogens (tertiary/aromatic N) is 2. The monoisotopic (exact) mass is 298 g/mol. The Hall–Kier alpha value is -1.58. The number of aryl methyl sites for hydroxylation is 1. The van der Waals surface area contributed by atoms with Crippen LogP contribution in [0.4, 0.5) is 0 Å². The third-order valence-corrected chi connectivity index (χ3v) is 4.48. The van der Waals surface area contributed by atoms with Gasteiger partial charge in [-0.05, 0) is 49.2 Å². The molecule has 0 bridgehead atoms. The molecule has 0 aliphatic carbocycles. The minimum atomic E-state index is 0.937. The predicted molar refractivity (Wildman–Crippen MR) is 89.7 cm³/mol. The van der Waals surface area contributed by atoms with Crippen LogP contribution in [-0.4, -0.2) is 36.0 Å². The first-order valence-corrected chi connectivity index (χ1v) is 8.38. The van der Waals surface area contributed by atoms with Crippen LogP contribution in [0.15, 0.2) is 47.1 Å². The second kappa shape index (κ2) is 7.61. The Labute approximate surface area is 133 Å². The molecule has 0 radical (unpaired) electrons. The van der Waals surface area contributed by atoms with Crippen molar-refractivity contribution in [1.82, 2.24) is 9.80 Å². The third kappa shape index (κ3) is 4.21. The van der Waals surface area contributed by atoms with Gasteiger partial charge in [-0.1, -0.05) is 31.2 Å². The van der Waals surface area contributed by atoms with Crippen LogP contribution >= 0.6 is 0 Å². The zero-order chi connectivity index (χ0) is 15.2. The standard InChI is InChI=1S/C19H26N2O/c1-2-17-6-8-18(9-7-17)15-20-10-4-11-21(13-12-20)16-19-5-3-14-22-19/h3,5-9,14H,2,4,10-13,15-16H2,1H3. The summed E-state index contributed by atoms with van der Waals surface area (Å²) in [5.41, 5.74) is 2.85. The SMILES string of the molecule is CCc1ccc(CN2CCCN(Cc3ccco3)CC2)cc1. The highest BCUT2D eigenvalue weighted by atomic mass is 16.3. The number of benzene rings is 1. The molecular weight excluding hydrogens is 272 g/mol. The molecule has 3 rings (SSSR count). The van der Waals surface area contributed by atoms with Crippen LogP contribution in [0.5, 0.6) is 0 Å². The van der Waals surface area contributed by atoms with Crippen LogP contribution in [0.1, 0.15) is 30.2 Å². The molecule has 0 N–H and O–H groups in total. The van der Waals surface area contributed by atoms with E-state index in [2.05, 4.69) is 47.1 Å². The van der Waals surface area contributed by atoms with E-state index in [0.717, 1.165) is 44.9 Å². The molecule has 1 aliphatic heterocycles. The van der Waals surface area contributed by atoms with E-state index in [0.29, 0.717) is 0 Å². The van der Waals surface area contributed by atoms with Crippen molar-refractivity contribution in [1.29, 1.82) is 0 Å². The lowest BCUT2D eigenvalue weighted by Crippen LogP contribution is -2.30. The Kier molecular flexibility index (Phi) is 5.30. The van der Waals surface area contributed by atoms with E-state index in [4.69, 9.17) is 4.42 Å². The average Bonchev–Trinajstić information content (AvgIpc) is 2.96. The molecule has 0 amide bonds. The van der Waals surface area contributed by atoms with E-state index < -0.39 is 0 Å². The average molecular weight is 298 g/mol. The molecule has 2 heterocycles. The molecule has 3 nitrogen and oxygen atoms in total. The third-order valence-electron chi connectivity index (χ3n) is 4.48. The quantitative estimate of drug-likeness (QED) is 0.841. The Morgan fingerprint density at radius 1 is 0.864 bits per heavy atom. The Morgan fingerprint density at radius 3 is 2.18 bits per heavy atom. The van der Waals surface area contributed by atoms with E-state index in [9.17, 15) is 0 Å². The number of furan rings is 1. The zero-order valence-electron chi connectivity index (χ0n) is 13.5. The first kappa shape index (κ1) is 15.3. The van der Waals surface area contributed by atoms with Gasteiger partial charge in [0.2, 0.25) is 0 Å². The highest BCUT2D eigenvalue weighted by Crippen LogP contribution is 2.13. The summed E-state index contributed by atoms with van der Waals surface area (Å²) >= 11 is 0. The Balaban J connectivity index is 1.51. The van der Waals surface area contributed by atoms with E-state index in [1.807, 2.05) is 6.07 Å². The van der Waals surface area contributed by atoms with Gasteiger partial charge in [0.05, 0.1) is 12.8 Å². The van der Waals surface area contributed by atoms with Crippen LogP contribution < -0.4 is 0 Å². The lowest BCUT2D eigenvalue weighted by molar-refractivity contribution is 0.234. The van der Waals surface area contributed by atoms with Crippen LogP contribution in [-0.2, 0) is 19.5 Å². The van der Waals surface area contributed by atoms with Crippen molar-refractivity contribution in [2.45, 2.75) is 32.9 Å². The van der Waals surface area contributed by atoms with Gasteiger partial charge >= 0.3 is 0 Å². The first-order valence-electron chi connectivity index (χ1n) is 8.38. The van der Waals surface area contributed by atoms with Gasteiger partial charge < -0.3 is 4.42 Å². The summed E-state index contributed by atoms with van der Waals surface area (Å²) in [5.74, 6) is 1.07. The smallest absolute Gasteiger partial charge is 0.117 e. The van der Waals surface area contributed by atoms with Crippen LogP contribution in [0.3, 0.4) is 0 Å². The van der Waals surface area contributed by atoms with Crippen molar-refractivity contribution in [3.63, 3.8) is 0 Å². The molecule has 1 aliphatic rings. The molecule has 1 saturated heterocycles. The summed E-state index contributed by atoms with van der Waals surface area (Å²) in [5, 5.41) is 0. The molecule has 1 fully saturated rings. The van der Waals surface area contributed by atoms with E-state index in [-0.39, 0.29) is 0 Å². The van der Waals surface area contributed by atoms with Crippen molar-refractivity contribution in [3.8, 4) is 0 Å². The minimum absolute atomic E-state index is 0.937. The van der Waals surface area contributed by atoms with Crippen LogP contribution in [0.25, 0.3) is 0 Å². The second-order valence-electron chi connectivity index (χ2n) is 6.16. The molecule has 2 aromatic rings. The van der Waals surface area contributed by atoms with E-state index in [1.165, 1.54) is 24.1 Å². The molecule has 3 heteroatoms. The van der Waals surface area contributed by atoms with E-state index in [1.54, 1.807) is 6.26 Å². The van der Waals surface area contributed by atoms with Gasteiger partial charge in [0, 0.05) is 19.6 Å². The second-order valence-corrected chi connectivity index (χ2v) is 6.16. The topological polar surface area (TPSA) is 19.6 Å². The van der Waals surface area contributed by atoms with E-state index >= 15 is 0 Å². The van der Waals surface area contributed by atoms with Crippen molar-refractivity contribution >= 4 is 0 Å². The molecule has 22 heavy (non-hydrogen) atoms. The minimum Gasteiger partial charge on any atom is -0.468 e. The summed E-state index contributed by atoms with van der Waals surface area (Å²) in [6.07, 6.45) is 4.11. The van der Waals surface area contributed by atoms with Gasteiger partial charge in [0.15, 0.2) is 0 Å². The fourth-order valence-corrected chi connectivity index (χ4v) is 3.10. The van der Waals surface area contributed by atoms with Gasteiger partial charge in [0.1, 0.15) is 5.76 Å². The molecule has 0 spiro atoms. The van der Waals surface area contributed by atoms with Gasteiger partial charge in [0.25, 0.3) is 0 Å². The summed E-state index contributed by atoms with van der Waals surface area (Å²) in [6.45, 7) is 8.81. The van der Waals surface area contributed by atoms with Crippen LogP contribution in [0, 0.1) is 0 Å². The fourth-order valence-electron chi connectivity index (χ4n) is 3.10. The largest absolute Gasteiger partial charge is 0.468 e. The van der Waals surface area contributed by atoms with Crippen molar-refractivity contribution in [3.05, 3.63) is 59.5 Å². The molecule has 0 saturated carbocycles. The maximum atomic E-state index is 5.47. The summed E-state index contributed by atoms with van der Waals surface area (Å²) in [6, 6.07) is 13.1. The highest BCUT2D eigenvalue weighted by molar-refractivity contribution is 5.22. The fraction of sp³-hybridized carbons (Fsp3) is 0.474. The molecule has 0 unspecified atom stereocenters. The zero-order valence-corrected chi connectivity index (χ0v) is 13.5. The molecule has 1 aromatic carbocycles. The van der Waals surface area contributed by atoms with Gasteiger partial charge in [-0.3, -0.25) is 9.80 Å². The van der Waals surface area contributed by atoms with Gasteiger partial charge in [-0.25, -0.2) is 0 Å². The Morgan fingerprint density at radius 2 is 1.55 bits per heavy atom. The maximum Gasteiger partial charge on any atom is 0.117 e. The number of hydrogen-bond donors (Lipinski definition) is 0. The van der Waals surface area contributed by atoms with Gasteiger partial charge in [-0.2, -0.15) is 0 Å². The summed E-state index contributed by atoms with van der Waals surface area (Å²) < 4.78 is 5.47. The molecule has 0 atom stereocenters. The Bertz CT molecular complexity index is 547. The molecular formula is C19H26N2O. The number of rotatable bonds is 5. The first-order chi connectivity index (χ1) is 10.8. The summed E-state index contributed by atoms with van der Waals surface area (Å²) in [4.78, 5) is 5.07. The molecule has 1 aromatic heterocycles. The lowest BCUT2D eigenvalue weighted by Gasteiger charge is -2.21. The number of hydrogen-bond acceptors (Lipinski definition) is 3. The highest BCUT2D eigenvalue weighted by Gasteiger charge is 2.15. The maximum absolute atomic E-state index is 5.47. The predicted octanol–water partition coefficient (Wildman–Crippen LogP) is 3.55. The molecule has 118 valence electrons. The van der Waals surface area contributed by atoms with Gasteiger partial charge in [-0.15, -0.1) is 0 Å². The normalized spacial score (nSPS) is 17.5. The van der Waals surface area contributed by atoms with Crippen LogP contribution in [0.2, 0.25) is 0 Å². The summed E-state index contributed by atoms with van der Waals surface area (Å²) in [7, 11) is 0. The lowest BCUT2D eigenvalue weighted by atomic mass is 10.1. The van der Waals surface area contributed by atoms with Crippen molar-refractivity contribution < 1.29 is 4.42 Å².